The molecule has 6 nitrogen and oxygen atoms in total. The molecule has 25 heavy (non-hydrogen) atoms. The van der Waals surface area contributed by atoms with Gasteiger partial charge in [0.05, 0.1) is 12.0 Å². The zero-order valence-corrected chi connectivity index (χ0v) is 16.7. The highest BCUT2D eigenvalue weighted by Gasteiger charge is 2.43. The summed E-state index contributed by atoms with van der Waals surface area (Å²) < 4.78 is 7.37. The van der Waals surface area contributed by atoms with Gasteiger partial charge in [0.2, 0.25) is 5.91 Å². The lowest BCUT2D eigenvalue weighted by atomic mass is 9.77. The van der Waals surface area contributed by atoms with Gasteiger partial charge in [-0.25, -0.2) is 0 Å². The molecule has 144 valence electrons. The normalized spacial score (nSPS) is 20.5. The van der Waals surface area contributed by atoms with Crippen LogP contribution in [0.15, 0.2) is 12.3 Å². The number of hydrogen-bond acceptors (Lipinski definition) is 4. The number of carbonyl (C=O) groups excluding carboxylic acids is 1. The molecule has 0 atom stereocenters. The van der Waals surface area contributed by atoms with Crippen molar-refractivity contribution in [2.75, 3.05) is 39.9 Å². The Morgan fingerprint density at radius 2 is 1.96 bits per heavy atom. The van der Waals surface area contributed by atoms with Crippen LogP contribution in [-0.4, -0.2) is 60.5 Å². The van der Waals surface area contributed by atoms with Crippen LogP contribution in [0.5, 0.6) is 0 Å². The third kappa shape index (κ3) is 4.67. The Balaban J connectivity index is 0.00000156. The first-order chi connectivity index (χ1) is 11.2. The summed E-state index contributed by atoms with van der Waals surface area (Å²) in [6.07, 6.45) is 5.65. The quantitative estimate of drug-likeness (QED) is 0.850. The lowest BCUT2D eigenvalue weighted by Crippen LogP contribution is -2.53. The average Bonchev–Trinajstić information content (AvgIpc) is 3.01. The minimum atomic E-state index is -0.320. The zero-order chi connectivity index (χ0) is 16.3. The third-order valence-corrected chi connectivity index (χ3v) is 5.49. The van der Waals surface area contributed by atoms with Gasteiger partial charge in [-0.2, -0.15) is 5.10 Å². The van der Waals surface area contributed by atoms with E-state index in [4.69, 9.17) is 4.74 Å². The Hall–Kier alpha value is -0.820. The minimum Gasteiger partial charge on any atom is -0.384 e. The van der Waals surface area contributed by atoms with E-state index >= 15 is 0 Å². The highest BCUT2D eigenvalue weighted by atomic mass is 35.5. The molecule has 2 aliphatic heterocycles. The molecule has 2 fully saturated rings. The van der Waals surface area contributed by atoms with E-state index < -0.39 is 0 Å². The second-order valence-electron chi connectivity index (χ2n) is 6.91. The summed E-state index contributed by atoms with van der Waals surface area (Å²) in [5, 5.41) is 7.62. The van der Waals surface area contributed by atoms with E-state index in [1.54, 1.807) is 7.11 Å². The van der Waals surface area contributed by atoms with Crippen molar-refractivity contribution < 1.29 is 9.53 Å². The van der Waals surface area contributed by atoms with Crippen LogP contribution in [0.4, 0.5) is 0 Å². The molecule has 1 aromatic rings. The highest BCUT2D eigenvalue weighted by molar-refractivity contribution is 5.85. The van der Waals surface area contributed by atoms with Crippen molar-refractivity contribution in [1.29, 1.82) is 0 Å². The molecule has 0 spiro atoms. The lowest BCUT2D eigenvalue weighted by molar-refractivity contribution is -0.148. The van der Waals surface area contributed by atoms with Gasteiger partial charge in [0.15, 0.2) is 0 Å². The first-order valence-corrected chi connectivity index (χ1v) is 8.63. The maximum Gasteiger partial charge on any atom is 0.231 e. The molecule has 3 rings (SSSR count). The number of hydrogen-bond donors (Lipinski definition) is 1. The average molecular weight is 393 g/mol. The number of halogens is 2. The van der Waals surface area contributed by atoms with Crippen LogP contribution in [-0.2, 0) is 16.6 Å². The monoisotopic (exact) mass is 392 g/mol. The number of nitrogens with zero attached hydrogens (tertiary/aromatic N) is 3. The lowest BCUT2D eigenvalue weighted by Gasteiger charge is -2.42. The summed E-state index contributed by atoms with van der Waals surface area (Å²) in [5.41, 5.74) is 0.963. The molecule has 0 aromatic carbocycles. The molecular formula is C17H30Cl2N4O2. The van der Waals surface area contributed by atoms with Gasteiger partial charge in [0.1, 0.15) is 0 Å². The Morgan fingerprint density at radius 1 is 1.32 bits per heavy atom. The molecule has 1 amide bonds. The molecule has 2 saturated heterocycles. The van der Waals surface area contributed by atoms with Crippen molar-refractivity contribution >= 4 is 30.7 Å². The number of methoxy groups -OCH3 is 1. The van der Waals surface area contributed by atoms with Crippen LogP contribution in [0.1, 0.15) is 37.3 Å². The summed E-state index contributed by atoms with van der Waals surface area (Å²) in [6.45, 7) is 4.03. The predicted molar refractivity (Wildman–Crippen MR) is 103 cm³/mol. The van der Waals surface area contributed by atoms with Gasteiger partial charge in [-0.1, -0.05) is 0 Å². The van der Waals surface area contributed by atoms with E-state index in [0.717, 1.165) is 51.9 Å². The predicted octanol–water partition coefficient (Wildman–Crippen LogP) is 1.99. The van der Waals surface area contributed by atoms with E-state index in [0.29, 0.717) is 18.4 Å². The molecule has 2 aliphatic rings. The maximum atomic E-state index is 13.1. The first-order valence-electron chi connectivity index (χ1n) is 8.63. The van der Waals surface area contributed by atoms with Crippen molar-refractivity contribution in [3.63, 3.8) is 0 Å². The molecule has 0 unspecified atom stereocenters. The summed E-state index contributed by atoms with van der Waals surface area (Å²) in [6, 6.07) is 2.10. The van der Waals surface area contributed by atoms with E-state index in [2.05, 4.69) is 21.4 Å². The first kappa shape index (κ1) is 22.2. The molecule has 0 aliphatic carbocycles. The number of likely N-dealkylation sites (tertiary alicyclic amines) is 1. The Labute approximate surface area is 162 Å². The van der Waals surface area contributed by atoms with Crippen molar-refractivity contribution in [3.05, 3.63) is 18.0 Å². The van der Waals surface area contributed by atoms with Crippen LogP contribution in [0.2, 0.25) is 0 Å². The van der Waals surface area contributed by atoms with Gasteiger partial charge < -0.3 is 15.0 Å². The van der Waals surface area contributed by atoms with Crippen molar-refractivity contribution in [2.45, 2.75) is 31.6 Å². The fourth-order valence-corrected chi connectivity index (χ4v) is 4.10. The molecule has 3 heterocycles. The Bertz CT molecular complexity index is 533. The van der Waals surface area contributed by atoms with Gasteiger partial charge >= 0.3 is 0 Å². The minimum absolute atomic E-state index is 0. The van der Waals surface area contributed by atoms with Gasteiger partial charge in [0.25, 0.3) is 0 Å². The molecule has 1 N–H and O–H groups in total. The SMILES string of the molecule is COCC1(C(=O)N2CCC(c3ccnn3C)CC2)CCNCC1.Cl.Cl. The number of rotatable bonds is 4. The fraction of sp³-hybridized carbons (Fsp3) is 0.765. The summed E-state index contributed by atoms with van der Waals surface area (Å²) in [5.74, 6) is 0.808. The van der Waals surface area contributed by atoms with Crippen molar-refractivity contribution in [3.8, 4) is 0 Å². The third-order valence-electron chi connectivity index (χ3n) is 5.49. The largest absolute Gasteiger partial charge is 0.384 e. The topological polar surface area (TPSA) is 59.4 Å². The number of ether oxygens (including phenoxy) is 1. The number of aromatic nitrogens is 2. The van der Waals surface area contributed by atoms with Crippen LogP contribution in [0.3, 0.4) is 0 Å². The Morgan fingerprint density at radius 3 is 2.48 bits per heavy atom. The summed E-state index contributed by atoms with van der Waals surface area (Å²) >= 11 is 0. The Kier molecular flexibility index (Phi) is 8.68. The van der Waals surface area contributed by atoms with Gasteiger partial charge in [-0.3, -0.25) is 9.48 Å². The van der Waals surface area contributed by atoms with Crippen molar-refractivity contribution in [2.24, 2.45) is 12.5 Å². The van der Waals surface area contributed by atoms with E-state index in [1.165, 1.54) is 5.69 Å². The number of piperidine rings is 2. The number of carbonyl (C=O) groups is 1. The highest BCUT2D eigenvalue weighted by Crippen LogP contribution is 2.35. The number of aryl methyl sites for hydroxylation is 1. The summed E-state index contributed by atoms with van der Waals surface area (Å²) in [4.78, 5) is 15.2. The smallest absolute Gasteiger partial charge is 0.231 e. The summed E-state index contributed by atoms with van der Waals surface area (Å²) in [7, 11) is 3.70. The van der Waals surface area contributed by atoms with Crippen LogP contribution in [0, 0.1) is 5.41 Å². The molecule has 0 saturated carbocycles. The molecule has 0 radical (unpaired) electrons. The second kappa shape index (κ2) is 9.76. The van der Waals surface area contributed by atoms with Gasteiger partial charge in [-0.15, -0.1) is 24.8 Å². The fourth-order valence-electron chi connectivity index (χ4n) is 4.10. The van der Waals surface area contributed by atoms with Crippen LogP contribution < -0.4 is 5.32 Å². The zero-order valence-electron chi connectivity index (χ0n) is 15.1. The molecular weight excluding hydrogens is 363 g/mol. The van der Waals surface area contributed by atoms with Crippen molar-refractivity contribution in [1.82, 2.24) is 20.0 Å². The van der Waals surface area contributed by atoms with Gasteiger partial charge in [-0.05, 0) is 44.8 Å². The second-order valence-corrected chi connectivity index (χ2v) is 6.91. The van der Waals surface area contributed by atoms with Crippen LogP contribution in [0.25, 0.3) is 0 Å². The number of nitrogens with one attached hydrogen (secondary N) is 1. The number of amides is 1. The maximum absolute atomic E-state index is 13.1. The standard InChI is InChI=1S/C17H28N4O2.2ClH/c1-20-15(3-8-19-20)14-4-11-21(12-5-14)16(22)17(13-23-2)6-9-18-10-7-17;;/h3,8,14,18H,4-7,9-13H2,1-2H3;2*1H. The van der Waals surface area contributed by atoms with Crippen LogP contribution >= 0.6 is 24.8 Å². The molecule has 1 aromatic heterocycles. The van der Waals surface area contributed by atoms with E-state index in [1.807, 2.05) is 17.9 Å². The van der Waals surface area contributed by atoms with E-state index in [-0.39, 0.29) is 30.2 Å². The molecule has 0 bridgehead atoms. The van der Waals surface area contributed by atoms with E-state index in [9.17, 15) is 4.79 Å². The molecule has 8 heteroatoms. The van der Waals surface area contributed by atoms with Gasteiger partial charge in [0, 0.05) is 45.1 Å².